The monoisotopic (exact) mass is 249 g/mol. The van der Waals surface area contributed by atoms with Crippen molar-refractivity contribution in [3.63, 3.8) is 0 Å². The third kappa shape index (κ3) is 2.70. The van der Waals surface area contributed by atoms with Crippen molar-refractivity contribution in [3.05, 3.63) is 52.8 Å². The van der Waals surface area contributed by atoms with Gasteiger partial charge in [0.1, 0.15) is 23.3 Å². The van der Waals surface area contributed by atoms with Gasteiger partial charge in [0.15, 0.2) is 0 Å². The lowest BCUT2D eigenvalue weighted by molar-refractivity contribution is 0.472. The molecule has 0 radical (unpaired) electrons. The van der Waals surface area contributed by atoms with Crippen LogP contribution in [0.25, 0.3) is 0 Å². The Labute approximate surface area is 111 Å². The maximum absolute atomic E-state index is 8.89. The fourth-order valence-electron chi connectivity index (χ4n) is 1.80. The van der Waals surface area contributed by atoms with Crippen molar-refractivity contribution in [2.24, 2.45) is 0 Å². The quantitative estimate of drug-likeness (QED) is 0.819. The first kappa shape index (κ1) is 12.6. The van der Waals surface area contributed by atoms with Crippen molar-refractivity contribution in [3.8, 4) is 23.6 Å². The highest BCUT2D eigenvalue weighted by molar-refractivity contribution is 5.48. The highest BCUT2D eigenvalue weighted by Crippen LogP contribution is 2.29. The smallest absolute Gasteiger partial charge is 0.145 e. The number of rotatable bonds is 2. The van der Waals surface area contributed by atoms with Crippen molar-refractivity contribution in [1.29, 1.82) is 10.5 Å². The molecule has 0 aliphatic heterocycles. The summed E-state index contributed by atoms with van der Waals surface area (Å²) in [5.41, 5.74) is 2.74. The third-order valence-corrected chi connectivity index (χ3v) is 2.66. The molecule has 0 atom stereocenters. The molecular weight excluding hydrogens is 238 g/mol. The summed E-state index contributed by atoms with van der Waals surface area (Å²) in [6.07, 6.45) is 1.51. The first-order chi connectivity index (χ1) is 9.13. The van der Waals surface area contributed by atoms with Gasteiger partial charge >= 0.3 is 0 Å². The molecule has 0 bridgehead atoms. The maximum Gasteiger partial charge on any atom is 0.145 e. The molecule has 2 aromatic rings. The van der Waals surface area contributed by atoms with Crippen molar-refractivity contribution >= 4 is 0 Å². The molecule has 4 nitrogen and oxygen atoms in total. The lowest BCUT2D eigenvalue weighted by Gasteiger charge is -2.11. The Kier molecular flexibility index (Phi) is 3.45. The Morgan fingerprint density at radius 2 is 1.74 bits per heavy atom. The number of pyridine rings is 1. The molecule has 0 unspecified atom stereocenters. The number of hydrogen-bond donors (Lipinski definition) is 0. The summed E-state index contributed by atoms with van der Waals surface area (Å²) >= 11 is 0. The summed E-state index contributed by atoms with van der Waals surface area (Å²) in [4.78, 5) is 3.95. The molecule has 0 spiro atoms. The van der Waals surface area contributed by atoms with E-state index in [1.807, 2.05) is 19.9 Å². The van der Waals surface area contributed by atoms with Gasteiger partial charge in [0.25, 0.3) is 0 Å². The van der Waals surface area contributed by atoms with Gasteiger partial charge in [0, 0.05) is 0 Å². The molecule has 1 aromatic heterocycles. The normalized spacial score (nSPS) is 9.47. The van der Waals surface area contributed by atoms with E-state index in [1.165, 1.54) is 6.20 Å². The van der Waals surface area contributed by atoms with Gasteiger partial charge < -0.3 is 4.74 Å². The number of ether oxygens (including phenoxy) is 1. The van der Waals surface area contributed by atoms with E-state index in [2.05, 4.69) is 11.1 Å². The second-order valence-corrected chi connectivity index (χ2v) is 4.14. The van der Waals surface area contributed by atoms with E-state index in [9.17, 15) is 0 Å². The number of benzene rings is 1. The lowest BCUT2D eigenvalue weighted by atomic mass is 10.1. The first-order valence-electron chi connectivity index (χ1n) is 5.69. The second kappa shape index (κ2) is 5.20. The van der Waals surface area contributed by atoms with Crippen LogP contribution in [0.15, 0.2) is 30.5 Å². The molecular formula is C15H11N3O. The molecule has 0 N–H and O–H groups in total. The Hall–Kier alpha value is -2.85. The molecule has 2 rings (SSSR count). The third-order valence-electron chi connectivity index (χ3n) is 2.66. The van der Waals surface area contributed by atoms with Gasteiger partial charge in [-0.05, 0) is 49.2 Å². The van der Waals surface area contributed by atoms with Gasteiger partial charge in [-0.2, -0.15) is 10.5 Å². The van der Waals surface area contributed by atoms with Gasteiger partial charge in [0.2, 0.25) is 0 Å². The van der Waals surface area contributed by atoms with Crippen molar-refractivity contribution in [2.45, 2.75) is 13.8 Å². The Bertz CT molecular complexity index is 668. The van der Waals surface area contributed by atoms with Crippen LogP contribution < -0.4 is 4.74 Å². The maximum atomic E-state index is 8.89. The zero-order valence-corrected chi connectivity index (χ0v) is 10.6. The molecule has 0 aliphatic carbocycles. The largest absolute Gasteiger partial charge is 0.455 e. The van der Waals surface area contributed by atoms with Gasteiger partial charge in [-0.3, -0.25) is 0 Å². The van der Waals surface area contributed by atoms with Crippen molar-refractivity contribution in [2.75, 3.05) is 0 Å². The average molecular weight is 249 g/mol. The molecule has 0 saturated carbocycles. The molecule has 4 heteroatoms. The minimum atomic E-state index is 0.348. The predicted octanol–water partition coefficient (Wildman–Crippen LogP) is 3.23. The van der Waals surface area contributed by atoms with E-state index >= 15 is 0 Å². The van der Waals surface area contributed by atoms with Crippen LogP contribution in [0.5, 0.6) is 11.5 Å². The van der Waals surface area contributed by atoms with Crippen LogP contribution in [0.4, 0.5) is 0 Å². The summed E-state index contributed by atoms with van der Waals surface area (Å²) in [5.74, 6) is 1.28. The topological polar surface area (TPSA) is 69.7 Å². The van der Waals surface area contributed by atoms with E-state index in [0.717, 1.165) is 11.1 Å². The zero-order valence-electron chi connectivity index (χ0n) is 10.6. The van der Waals surface area contributed by atoms with Crippen LogP contribution in [0.2, 0.25) is 0 Å². The minimum Gasteiger partial charge on any atom is -0.455 e. The second-order valence-electron chi connectivity index (χ2n) is 4.14. The number of nitriles is 2. The minimum absolute atomic E-state index is 0.348. The number of nitrogens with zero attached hydrogens (tertiary/aromatic N) is 3. The first-order valence-corrected chi connectivity index (χ1v) is 5.69. The van der Waals surface area contributed by atoms with E-state index in [4.69, 9.17) is 15.3 Å². The molecule has 0 fully saturated rings. The van der Waals surface area contributed by atoms with E-state index in [0.29, 0.717) is 22.8 Å². The number of aryl methyl sites for hydroxylation is 2. The van der Waals surface area contributed by atoms with Gasteiger partial charge in [-0.15, -0.1) is 0 Å². The van der Waals surface area contributed by atoms with Crippen LogP contribution in [0.3, 0.4) is 0 Å². The molecule has 1 aromatic carbocycles. The Balaban J connectivity index is 2.33. The molecule has 1 heterocycles. The molecule has 0 amide bonds. The molecule has 92 valence electrons. The summed E-state index contributed by atoms with van der Waals surface area (Å²) in [6.45, 7) is 3.78. The molecule has 19 heavy (non-hydrogen) atoms. The number of hydrogen-bond acceptors (Lipinski definition) is 4. The predicted molar refractivity (Wildman–Crippen MR) is 69.7 cm³/mol. The van der Waals surface area contributed by atoms with E-state index in [-0.39, 0.29) is 0 Å². The van der Waals surface area contributed by atoms with Gasteiger partial charge in [-0.25, -0.2) is 4.98 Å². The zero-order chi connectivity index (χ0) is 13.8. The van der Waals surface area contributed by atoms with Crippen LogP contribution in [-0.4, -0.2) is 4.98 Å². The van der Waals surface area contributed by atoms with Crippen molar-refractivity contribution < 1.29 is 4.74 Å². The number of aromatic nitrogens is 1. The van der Waals surface area contributed by atoms with E-state index < -0.39 is 0 Å². The Morgan fingerprint density at radius 1 is 1.05 bits per heavy atom. The fourth-order valence-corrected chi connectivity index (χ4v) is 1.80. The lowest BCUT2D eigenvalue weighted by Crippen LogP contribution is -1.93. The van der Waals surface area contributed by atoms with Gasteiger partial charge in [-0.1, -0.05) is 0 Å². The summed E-state index contributed by atoms with van der Waals surface area (Å²) in [7, 11) is 0. The fraction of sp³-hybridized carbons (Fsp3) is 0.133. The standard InChI is InChI=1S/C15H11N3O/c1-10-5-12(7-16)6-11(2)15(10)19-14-4-3-13(8-17)18-9-14/h3-6,9H,1-2H3. The van der Waals surface area contributed by atoms with Crippen molar-refractivity contribution in [1.82, 2.24) is 4.98 Å². The van der Waals surface area contributed by atoms with Crippen LogP contribution >= 0.6 is 0 Å². The van der Waals surface area contributed by atoms with Gasteiger partial charge in [0.05, 0.1) is 17.8 Å². The van der Waals surface area contributed by atoms with Crippen LogP contribution in [0, 0.1) is 36.5 Å². The molecule has 0 aliphatic rings. The highest BCUT2D eigenvalue weighted by Gasteiger charge is 2.08. The van der Waals surface area contributed by atoms with Crippen LogP contribution in [-0.2, 0) is 0 Å². The average Bonchev–Trinajstić information content (AvgIpc) is 2.43. The Morgan fingerprint density at radius 3 is 2.21 bits per heavy atom. The summed E-state index contributed by atoms with van der Waals surface area (Å²) in [6, 6.07) is 10.9. The summed E-state index contributed by atoms with van der Waals surface area (Å²) < 4.78 is 5.76. The SMILES string of the molecule is Cc1cc(C#N)cc(C)c1Oc1ccc(C#N)nc1. The summed E-state index contributed by atoms with van der Waals surface area (Å²) in [5, 5.41) is 17.6. The van der Waals surface area contributed by atoms with E-state index in [1.54, 1.807) is 24.3 Å². The molecule has 0 saturated heterocycles. The highest BCUT2D eigenvalue weighted by atomic mass is 16.5. The van der Waals surface area contributed by atoms with Crippen LogP contribution in [0.1, 0.15) is 22.4 Å².